The lowest BCUT2D eigenvalue weighted by atomic mass is 9.80. The Morgan fingerprint density at radius 3 is 1.94 bits per heavy atom. The van der Waals surface area contributed by atoms with Crippen molar-refractivity contribution in [1.82, 2.24) is 4.41 Å². The second kappa shape index (κ2) is 8.92. The van der Waals surface area contributed by atoms with Crippen LogP contribution in [0.15, 0.2) is 125 Å². The average molecular weight is 467 g/mol. The van der Waals surface area contributed by atoms with Gasteiger partial charge < -0.3 is 0 Å². The summed E-state index contributed by atoms with van der Waals surface area (Å²) in [6.07, 6.45) is 0.976. The van der Waals surface area contributed by atoms with Crippen molar-refractivity contribution in [2.45, 2.75) is 30.2 Å². The molecule has 1 heterocycles. The molecule has 4 aromatic carbocycles. The fourth-order valence-electron chi connectivity index (χ4n) is 4.60. The van der Waals surface area contributed by atoms with E-state index in [1.165, 1.54) is 4.41 Å². The van der Waals surface area contributed by atoms with Crippen molar-refractivity contribution in [3.05, 3.63) is 138 Å². The van der Waals surface area contributed by atoms with Crippen molar-refractivity contribution in [3.63, 3.8) is 0 Å². The molecule has 0 saturated heterocycles. The van der Waals surface area contributed by atoms with Gasteiger partial charge in [-0.25, -0.2) is 0 Å². The Kier molecular flexibility index (Phi) is 5.80. The van der Waals surface area contributed by atoms with E-state index in [2.05, 4.69) is 0 Å². The number of aryl methyl sites for hydroxylation is 1. The van der Waals surface area contributed by atoms with Gasteiger partial charge in [-0.1, -0.05) is 109 Å². The molecule has 34 heavy (non-hydrogen) atoms. The first-order chi connectivity index (χ1) is 16.5. The largest absolute Gasteiger partial charge is 0.279 e. The summed E-state index contributed by atoms with van der Waals surface area (Å²) in [7, 11) is -3.93. The van der Waals surface area contributed by atoms with E-state index in [1.807, 2.05) is 110 Å². The molecule has 0 amide bonds. The fourth-order valence-corrected chi connectivity index (χ4v) is 6.18. The number of sulfonamides is 1. The van der Waals surface area contributed by atoms with E-state index in [0.717, 1.165) is 28.0 Å². The fraction of sp³-hybridized carbons (Fsp3) is 0.138. The Labute approximate surface area is 201 Å². The zero-order valence-corrected chi connectivity index (χ0v) is 19.8. The minimum absolute atomic E-state index is 0.240. The predicted octanol–water partition coefficient (Wildman–Crippen LogP) is 5.93. The highest BCUT2D eigenvalue weighted by atomic mass is 32.2. The lowest BCUT2D eigenvalue weighted by molar-refractivity contribution is 0.221. The SMILES string of the molecule is Cc1ccc(S(=O)(=O)N2N=C(c3ccccc3)CC2(Cc2ccccc2)c2ccccc2)cc1. The maximum absolute atomic E-state index is 14.1. The van der Waals surface area contributed by atoms with E-state index in [9.17, 15) is 8.42 Å². The lowest BCUT2D eigenvalue weighted by Crippen LogP contribution is -2.45. The van der Waals surface area contributed by atoms with E-state index in [4.69, 9.17) is 5.10 Å². The van der Waals surface area contributed by atoms with Gasteiger partial charge in [0.05, 0.1) is 10.6 Å². The summed E-state index contributed by atoms with van der Waals surface area (Å²) < 4.78 is 29.6. The van der Waals surface area contributed by atoms with Crippen LogP contribution in [-0.2, 0) is 22.0 Å². The predicted molar refractivity (Wildman–Crippen MR) is 136 cm³/mol. The maximum atomic E-state index is 14.1. The van der Waals surface area contributed by atoms with Gasteiger partial charge in [0.15, 0.2) is 0 Å². The first-order valence-corrected chi connectivity index (χ1v) is 12.8. The van der Waals surface area contributed by atoms with Gasteiger partial charge in [-0.2, -0.15) is 17.9 Å². The lowest BCUT2D eigenvalue weighted by Gasteiger charge is -2.37. The molecule has 0 aromatic heterocycles. The highest BCUT2D eigenvalue weighted by Gasteiger charge is 2.50. The van der Waals surface area contributed by atoms with Crippen LogP contribution in [0, 0.1) is 6.92 Å². The third kappa shape index (κ3) is 4.03. The number of hydrogen-bond acceptors (Lipinski definition) is 3. The molecule has 0 fully saturated rings. The van der Waals surface area contributed by atoms with E-state index < -0.39 is 15.6 Å². The van der Waals surface area contributed by atoms with Crippen LogP contribution in [0.3, 0.4) is 0 Å². The Hall–Kier alpha value is -3.70. The van der Waals surface area contributed by atoms with Crippen molar-refractivity contribution in [1.29, 1.82) is 0 Å². The van der Waals surface area contributed by atoms with Crippen molar-refractivity contribution in [2.24, 2.45) is 5.10 Å². The molecular weight excluding hydrogens is 440 g/mol. The van der Waals surface area contributed by atoms with Gasteiger partial charge in [0.25, 0.3) is 10.0 Å². The van der Waals surface area contributed by atoms with E-state index in [-0.39, 0.29) is 4.90 Å². The standard InChI is InChI=1S/C29H26N2O2S/c1-23-17-19-27(20-18-23)34(32,33)31-29(26-15-9-4-10-16-26,21-24-11-5-2-6-12-24)22-28(30-31)25-13-7-3-8-14-25/h2-20H,21-22H2,1H3. The summed E-state index contributed by atoms with van der Waals surface area (Å²) >= 11 is 0. The van der Waals surface area contributed by atoms with Crippen molar-refractivity contribution < 1.29 is 8.42 Å². The molecule has 0 saturated carbocycles. The van der Waals surface area contributed by atoms with E-state index in [1.54, 1.807) is 12.1 Å². The summed E-state index contributed by atoms with van der Waals surface area (Å²) in [5.74, 6) is 0. The van der Waals surface area contributed by atoms with Gasteiger partial charge in [0.1, 0.15) is 5.54 Å². The van der Waals surface area contributed by atoms with Crippen LogP contribution in [0.2, 0.25) is 0 Å². The summed E-state index contributed by atoms with van der Waals surface area (Å²) in [5.41, 5.74) is 3.78. The molecule has 5 rings (SSSR count). The van der Waals surface area contributed by atoms with Crippen LogP contribution in [-0.4, -0.2) is 18.5 Å². The Morgan fingerprint density at radius 1 is 0.765 bits per heavy atom. The molecule has 0 bridgehead atoms. The number of nitrogens with zero attached hydrogens (tertiary/aromatic N) is 2. The molecule has 0 N–H and O–H groups in total. The Balaban J connectivity index is 1.73. The van der Waals surface area contributed by atoms with Gasteiger partial charge in [0.2, 0.25) is 0 Å². The zero-order chi connectivity index (χ0) is 23.6. The smallest absolute Gasteiger partial charge is 0.200 e. The van der Waals surface area contributed by atoms with Crippen LogP contribution in [0.4, 0.5) is 0 Å². The molecule has 1 unspecified atom stereocenters. The summed E-state index contributed by atoms with van der Waals surface area (Å²) in [6, 6.07) is 36.7. The van der Waals surface area contributed by atoms with E-state index >= 15 is 0 Å². The molecular formula is C29H26N2O2S. The number of rotatable bonds is 6. The Morgan fingerprint density at radius 2 is 1.32 bits per heavy atom. The molecule has 170 valence electrons. The highest BCUT2D eigenvalue weighted by Crippen LogP contribution is 2.45. The summed E-state index contributed by atoms with van der Waals surface area (Å²) in [4.78, 5) is 0.240. The van der Waals surface area contributed by atoms with Crippen molar-refractivity contribution >= 4 is 15.7 Å². The normalized spacial score (nSPS) is 18.0. The van der Waals surface area contributed by atoms with Crippen LogP contribution in [0.25, 0.3) is 0 Å². The molecule has 0 aliphatic carbocycles. The molecule has 4 aromatic rings. The van der Waals surface area contributed by atoms with Crippen LogP contribution in [0.1, 0.15) is 28.7 Å². The van der Waals surface area contributed by atoms with Gasteiger partial charge in [-0.15, -0.1) is 0 Å². The van der Waals surface area contributed by atoms with Crippen molar-refractivity contribution in [3.8, 4) is 0 Å². The van der Waals surface area contributed by atoms with Gasteiger partial charge in [-0.3, -0.25) is 0 Å². The molecule has 1 atom stereocenters. The minimum Gasteiger partial charge on any atom is -0.200 e. The molecule has 0 radical (unpaired) electrons. The van der Waals surface area contributed by atoms with Crippen LogP contribution in [0.5, 0.6) is 0 Å². The topological polar surface area (TPSA) is 49.7 Å². The molecule has 1 aliphatic rings. The third-order valence-electron chi connectivity index (χ3n) is 6.34. The highest BCUT2D eigenvalue weighted by molar-refractivity contribution is 7.89. The molecule has 5 heteroatoms. The monoisotopic (exact) mass is 466 g/mol. The van der Waals surface area contributed by atoms with E-state index in [0.29, 0.717) is 12.8 Å². The quantitative estimate of drug-likeness (QED) is 0.354. The summed E-state index contributed by atoms with van der Waals surface area (Å²) in [5, 5.41) is 4.82. The zero-order valence-electron chi connectivity index (χ0n) is 19.0. The number of hydrazone groups is 1. The average Bonchev–Trinajstić information content (AvgIpc) is 3.27. The van der Waals surface area contributed by atoms with Gasteiger partial charge in [0, 0.05) is 12.8 Å². The minimum atomic E-state index is -3.93. The second-order valence-electron chi connectivity index (χ2n) is 8.71. The maximum Gasteiger partial charge on any atom is 0.279 e. The van der Waals surface area contributed by atoms with Gasteiger partial charge in [-0.05, 0) is 35.7 Å². The van der Waals surface area contributed by atoms with Crippen LogP contribution < -0.4 is 0 Å². The number of hydrogen-bond donors (Lipinski definition) is 0. The summed E-state index contributed by atoms with van der Waals surface area (Å²) in [6.45, 7) is 1.95. The second-order valence-corrected chi connectivity index (χ2v) is 10.5. The van der Waals surface area contributed by atoms with Crippen molar-refractivity contribution in [2.75, 3.05) is 0 Å². The molecule has 1 aliphatic heterocycles. The first-order valence-electron chi connectivity index (χ1n) is 11.3. The first kappa shape index (κ1) is 22.1. The molecule has 4 nitrogen and oxygen atoms in total. The van der Waals surface area contributed by atoms with Crippen LogP contribution >= 0.6 is 0 Å². The Bertz CT molecular complexity index is 1400. The molecule has 0 spiro atoms. The van der Waals surface area contributed by atoms with Gasteiger partial charge >= 0.3 is 0 Å². The number of benzene rings is 4. The third-order valence-corrected chi connectivity index (χ3v) is 8.10.